The summed E-state index contributed by atoms with van der Waals surface area (Å²) in [6, 6.07) is 12.1. The number of furan rings is 1. The van der Waals surface area contributed by atoms with Crippen LogP contribution in [0, 0.1) is 0 Å². The summed E-state index contributed by atoms with van der Waals surface area (Å²) in [7, 11) is 0. The number of rotatable bonds is 6. The number of amides is 1. The molecule has 0 atom stereocenters. The lowest BCUT2D eigenvalue weighted by atomic mass is 9.96. The molecule has 0 radical (unpaired) electrons. The van der Waals surface area contributed by atoms with Gasteiger partial charge in [-0.15, -0.1) is 10.2 Å². The standard InChI is InChI=1S/C21H23N3O3/c25-19(8-4-7-16-5-2-1-3-6-16)24-12-9-17(10-13-24)20-22-23-21(27-20)18-11-14-26-15-18/h1-3,5-6,11,14-15,17H,4,7-10,12-13H2. The molecular formula is C21H23N3O3. The van der Waals surface area contributed by atoms with Gasteiger partial charge in [0.25, 0.3) is 5.89 Å². The van der Waals surface area contributed by atoms with Gasteiger partial charge in [-0.2, -0.15) is 0 Å². The van der Waals surface area contributed by atoms with Crippen molar-refractivity contribution >= 4 is 5.91 Å². The Morgan fingerprint density at radius 3 is 2.67 bits per heavy atom. The summed E-state index contributed by atoms with van der Waals surface area (Å²) in [5.74, 6) is 1.60. The Labute approximate surface area is 158 Å². The van der Waals surface area contributed by atoms with Crippen LogP contribution in [0.2, 0.25) is 0 Å². The van der Waals surface area contributed by atoms with E-state index in [9.17, 15) is 4.79 Å². The molecule has 1 fully saturated rings. The molecule has 27 heavy (non-hydrogen) atoms. The van der Waals surface area contributed by atoms with Crippen LogP contribution < -0.4 is 0 Å². The summed E-state index contributed by atoms with van der Waals surface area (Å²) in [4.78, 5) is 14.4. The number of aryl methyl sites for hydroxylation is 1. The summed E-state index contributed by atoms with van der Waals surface area (Å²) < 4.78 is 10.8. The van der Waals surface area contributed by atoms with Crippen molar-refractivity contribution in [1.82, 2.24) is 15.1 Å². The zero-order chi connectivity index (χ0) is 18.5. The van der Waals surface area contributed by atoms with Gasteiger partial charge in [0.05, 0.1) is 11.8 Å². The molecule has 1 saturated heterocycles. The molecule has 0 spiro atoms. The van der Waals surface area contributed by atoms with Gasteiger partial charge in [-0.05, 0) is 37.3 Å². The van der Waals surface area contributed by atoms with Crippen molar-refractivity contribution in [2.24, 2.45) is 0 Å². The second-order valence-corrected chi connectivity index (χ2v) is 6.95. The highest BCUT2D eigenvalue weighted by molar-refractivity contribution is 5.76. The number of carbonyl (C=O) groups is 1. The van der Waals surface area contributed by atoms with E-state index in [0.29, 0.717) is 18.2 Å². The summed E-state index contributed by atoms with van der Waals surface area (Å²) in [5.41, 5.74) is 2.08. The van der Waals surface area contributed by atoms with E-state index in [0.717, 1.165) is 44.3 Å². The summed E-state index contributed by atoms with van der Waals surface area (Å²) in [6.07, 6.45) is 7.33. The Balaban J connectivity index is 1.24. The molecule has 0 unspecified atom stereocenters. The summed E-state index contributed by atoms with van der Waals surface area (Å²) in [5, 5.41) is 8.29. The molecule has 1 aromatic carbocycles. The maximum absolute atomic E-state index is 12.5. The third-order valence-electron chi connectivity index (χ3n) is 5.10. The molecule has 1 aliphatic heterocycles. The average Bonchev–Trinajstić information content (AvgIpc) is 3.41. The Bertz CT molecular complexity index is 850. The molecular weight excluding hydrogens is 342 g/mol. The molecule has 1 aliphatic rings. The van der Waals surface area contributed by atoms with Crippen LogP contribution in [0.15, 0.2) is 57.8 Å². The van der Waals surface area contributed by atoms with Gasteiger partial charge in [-0.25, -0.2) is 0 Å². The second-order valence-electron chi connectivity index (χ2n) is 6.95. The monoisotopic (exact) mass is 365 g/mol. The zero-order valence-corrected chi connectivity index (χ0v) is 15.2. The highest BCUT2D eigenvalue weighted by atomic mass is 16.4. The molecule has 3 heterocycles. The molecule has 0 saturated carbocycles. The molecule has 3 aromatic rings. The van der Waals surface area contributed by atoms with Crippen molar-refractivity contribution in [1.29, 1.82) is 0 Å². The minimum atomic E-state index is 0.214. The first-order valence-corrected chi connectivity index (χ1v) is 9.47. The second kappa shape index (κ2) is 8.20. The fraction of sp³-hybridized carbons (Fsp3) is 0.381. The minimum Gasteiger partial charge on any atom is -0.472 e. The van der Waals surface area contributed by atoms with Crippen LogP contribution in [0.25, 0.3) is 11.5 Å². The maximum Gasteiger partial charge on any atom is 0.250 e. The maximum atomic E-state index is 12.5. The van der Waals surface area contributed by atoms with Crippen molar-refractivity contribution in [3.05, 3.63) is 60.4 Å². The first-order valence-electron chi connectivity index (χ1n) is 9.47. The molecule has 6 heteroatoms. The molecule has 6 nitrogen and oxygen atoms in total. The number of likely N-dealkylation sites (tertiary alicyclic amines) is 1. The number of hydrogen-bond donors (Lipinski definition) is 0. The van der Waals surface area contributed by atoms with E-state index < -0.39 is 0 Å². The molecule has 0 bridgehead atoms. The Hall–Kier alpha value is -2.89. The average molecular weight is 365 g/mol. The Morgan fingerprint density at radius 1 is 1.11 bits per heavy atom. The predicted octanol–water partition coefficient (Wildman–Crippen LogP) is 4.06. The summed E-state index contributed by atoms with van der Waals surface area (Å²) in [6.45, 7) is 1.50. The number of hydrogen-bond acceptors (Lipinski definition) is 5. The van der Waals surface area contributed by atoms with Crippen LogP contribution in [-0.4, -0.2) is 34.1 Å². The third kappa shape index (κ3) is 4.27. The van der Waals surface area contributed by atoms with E-state index in [1.807, 2.05) is 23.1 Å². The zero-order valence-electron chi connectivity index (χ0n) is 15.2. The van der Waals surface area contributed by atoms with Gasteiger partial charge in [0.1, 0.15) is 6.26 Å². The summed E-state index contributed by atoms with van der Waals surface area (Å²) >= 11 is 0. The SMILES string of the molecule is O=C(CCCc1ccccc1)N1CCC(c2nnc(-c3ccoc3)o2)CC1. The van der Waals surface area contributed by atoms with Crippen molar-refractivity contribution in [2.45, 2.75) is 38.0 Å². The van der Waals surface area contributed by atoms with Crippen LogP contribution >= 0.6 is 0 Å². The first kappa shape index (κ1) is 17.5. The van der Waals surface area contributed by atoms with Crippen LogP contribution in [0.1, 0.15) is 43.1 Å². The van der Waals surface area contributed by atoms with Crippen molar-refractivity contribution in [2.75, 3.05) is 13.1 Å². The Morgan fingerprint density at radius 2 is 1.93 bits per heavy atom. The van der Waals surface area contributed by atoms with Gasteiger partial charge in [0.15, 0.2) is 0 Å². The highest BCUT2D eigenvalue weighted by Gasteiger charge is 2.27. The third-order valence-corrected chi connectivity index (χ3v) is 5.10. The smallest absolute Gasteiger partial charge is 0.250 e. The minimum absolute atomic E-state index is 0.214. The number of benzene rings is 1. The fourth-order valence-corrected chi connectivity index (χ4v) is 3.52. The van der Waals surface area contributed by atoms with Gasteiger partial charge in [0, 0.05) is 25.4 Å². The lowest BCUT2D eigenvalue weighted by molar-refractivity contribution is -0.132. The van der Waals surface area contributed by atoms with E-state index in [1.54, 1.807) is 18.6 Å². The van der Waals surface area contributed by atoms with Crippen LogP contribution in [0.5, 0.6) is 0 Å². The van der Waals surface area contributed by atoms with Gasteiger partial charge in [-0.1, -0.05) is 30.3 Å². The van der Waals surface area contributed by atoms with E-state index >= 15 is 0 Å². The molecule has 2 aromatic heterocycles. The van der Waals surface area contributed by atoms with Crippen LogP contribution in [-0.2, 0) is 11.2 Å². The van der Waals surface area contributed by atoms with Crippen LogP contribution in [0.3, 0.4) is 0 Å². The number of carbonyl (C=O) groups excluding carboxylic acids is 1. The van der Waals surface area contributed by atoms with Gasteiger partial charge in [0.2, 0.25) is 11.8 Å². The molecule has 1 amide bonds. The predicted molar refractivity (Wildman–Crippen MR) is 99.9 cm³/mol. The fourth-order valence-electron chi connectivity index (χ4n) is 3.52. The first-order chi connectivity index (χ1) is 13.3. The van der Waals surface area contributed by atoms with E-state index in [2.05, 4.69) is 22.3 Å². The normalized spacial score (nSPS) is 15.2. The van der Waals surface area contributed by atoms with E-state index in [-0.39, 0.29) is 11.8 Å². The lowest BCUT2D eigenvalue weighted by Gasteiger charge is -2.30. The number of piperidine rings is 1. The quantitative estimate of drug-likeness (QED) is 0.659. The largest absolute Gasteiger partial charge is 0.472 e. The van der Waals surface area contributed by atoms with Gasteiger partial charge < -0.3 is 13.7 Å². The number of nitrogens with zero attached hydrogens (tertiary/aromatic N) is 3. The van der Waals surface area contributed by atoms with E-state index in [1.165, 1.54) is 5.56 Å². The highest BCUT2D eigenvalue weighted by Crippen LogP contribution is 2.29. The van der Waals surface area contributed by atoms with Gasteiger partial charge in [-0.3, -0.25) is 4.79 Å². The molecule has 0 N–H and O–H groups in total. The molecule has 140 valence electrons. The van der Waals surface area contributed by atoms with Crippen molar-refractivity contribution in [3.63, 3.8) is 0 Å². The van der Waals surface area contributed by atoms with Crippen molar-refractivity contribution < 1.29 is 13.6 Å². The lowest BCUT2D eigenvalue weighted by Crippen LogP contribution is -2.37. The van der Waals surface area contributed by atoms with Crippen molar-refractivity contribution in [3.8, 4) is 11.5 Å². The topological polar surface area (TPSA) is 72.4 Å². The molecule has 0 aliphatic carbocycles. The molecule has 4 rings (SSSR count). The Kier molecular flexibility index (Phi) is 5.32. The number of aromatic nitrogens is 2. The van der Waals surface area contributed by atoms with E-state index in [4.69, 9.17) is 8.83 Å². The van der Waals surface area contributed by atoms with Crippen LogP contribution in [0.4, 0.5) is 0 Å². The van der Waals surface area contributed by atoms with Gasteiger partial charge >= 0.3 is 0 Å².